The van der Waals surface area contributed by atoms with E-state index in [9.17, 15) is 4.39 Å². The summed E-state index contributed by atoms with van der Waals surface area (Å²) in [6.07, 6.45) is 0.606. The van der Waals surface area contributed by atoms with Gasteiger partial charge in [0.1, 0.15) is 11.9 Å². The summed E-state index contributed by atoms with van der Waals surface area (Å²) in [6, 6.07) is 6.39. The summed E-state index contributed by atoms with van der Waals surface area (Å²) >= 11 is 0. The molecule has 0 aromatic heterocycles. The minimum atomic E-state index is -0.396. The molecule has 3 atom stereocenters. The number of hydrogen-bond acceptors (Lipinski definition) is 3. The molecule has 0 radical (unpaired) electrons. The Kier molecular flexibility index (Phi) is 4.69. The number of halogens is 1. The van der Waals surface area contributed by atoms with Crippen molar-refractivity contribution in [3.8, 4) is 0 Å². The Morgan fingerprint density at radius 3 is 2.89 bits per heavy atom. The Morgan fingerprint density at radius 2 is 2.28 bits per heavy atom. The van der Waals surface area contributed by atoms with Crippen molar-refractivity contribution < 1.29 is 13.9 Å². The van der Waals surface area contributed by atoms with Crippen LogP contribution in [0, 0.1) is 11.7 Å². The second-order valence-corrected chi connectivity index (χ2v) is 4.86. The first-order valence-corrected chi connectivity index (χ1v) is 6.38. The Morgan fingerprint density at radius 1 is 1.50 bits per heavy atom. The van der Waals surface area contributed by atoms with Gasteiger partial charge in [-0.15, -0.1) is 0 Å². The van der Waals surface area contributed by atoms with Crippen LogP contribution in [0.5, 0.6) is 0 Å². The number of hydrogen-bond donors (Lipinski definition) is 1. The molecule has 1 aliphatic rings. The van der Waals surface area contributed by atoms with E-state index in [0.717, 1.165) is 19.6 Å². The lowest BCUT2D eigenvalue weighted by molar-refractivity contribution is 0.0115. The molecule has 100 valence electrons. The first-order chi connectivity index (χ1) is 8.68. The van der Waals surface area contributed by atoms with Gasteiger partial charge >= 0.3 is 0 Å². The van der Waals surface area contributed by atoms with Gasteiger partial charge in [-0.1, -0.05) is 18.2 Å². The van der Waals surface area contributed by atoms with Gasteiger partial charge in [-0.25, -0.2) is 4.39 Å². The highest BCUT2D eigenvalue weighted by Crippen LogP contribution is 2.25. The lowest BCUT2D eigenvalue weighted by Gasteiger charge is -2.23. The van der Waals surface area contributed by atoms with Crippen LogP contribution in [0.1, 0.15) is 25.0 Å². The van der Waals surface area contributed by atoms with Crippen LogP contribution in [-0.2, 0) is 9.47 Å². The van der Waals surface area contributed by atoms with Gasteiger partial charge in [-0.2, -0.15) is 0 Å². The van der Waals surface area contributed by atoms with Crippen molar-refractivity contribution in [3.05, 3.63) is 35.6 Å². The normalized spacial score (nSPS) is 22.9. The average molecular weight is 253 g/mol. The van der Waals surface area contributed by atoms with Crippen molar-refractivity contribution in [2.45, 2.75) is 25.5 Å². The Bertz CT molecular complexity index is 378. The third-order valence-electron chi connectivity index (χ3n) is 3.22. The predicted molar refractivity (Wildman–Crippen MR) is 67.7 cm³/mol. The van der Waals surface area contributed by atoms with Crippen LogP contribution < -0.4 is 5.73 Å². The zero-order valence-electron chi connectivity index (χ0n) is 10.6. The molecule has 2 N–H and O–H groups in total. The van der Waals surface area contributed by atoms with E-state index in [1.807, 2.05) is 6.92 Å². The van der Waals surface area contributed by atoms with Crippen molar-refractivity contribution >= 4 is 0 Å². The topological polar surface area (TPSA) is 44.5 Å². The smallest absolute Gasteiger partial charge is 0.129 e. The van der Waals surface area contributed by atoms with E-state index in [1.54, 1.807) is 18.2 Å². The molecule has 1 aromatic rings. The molecule has 1 saturated heterocycles. The van der Waals surface area contributed by atoms with E-state index >= 15 is 0 Å². The van der Waals surface area contributed by atoms with Crippen molar-refractivity contribution in [3.63, 3.8) is 0 Å². The largest absolute Gasteiger partial charge is 0.381 e. The zero-order chi connectivity index (χ0) is 13.0. The highest BCUT2D eigenvalue weighted by Gasteiger charge is 2.23. The molecule has 1 fully saturated rings. The first-order valence-electron chi connectivity index (χ1n) is 6.38. The quantitative estimate of drug-likeness (QED) is 0.875. The fourth-order valence-electron chi connectivity index (χ4n) is 2.19. The van der Waals surface area contributed by atoms with Gasteiger partial charge in [0.25, 0.3) is 0 Å². The Hall–Kier alpha value is -0.970. The summed E-state index contributed by atoms with van der Waals surface area (Å²) in [5.74, 6) is 0.139. The average Bonchev–Trinajstić information content (AvgIpc) is 2.84. The van der Waals surface area contributed by atoms with Crippen molar-refractivity contribution in [1.29, 1.82) is 0 Å². The van der Waals surface area contributed by atoms with E-state index in [4.69, 9.17) is 15.2 Å². The maximum absolute atomic E-state index is 13.7. The predicted octanol–water partition coefficient (Wildman–Crippen LogP) is 2.27. The highest BCUT2D eigenvalue weighted by atomic mass is 19.1. The van der Waals surface area contributed by atoms with Crippen molar-refractivity contribution in [1.82, 2.24) is 0 Å². The maximum Gasteiger partial charge on any atom is 0.129 e. The molecule has 3 nitrogen and oxygen atoms in total. The molecule has 0 saturated carbocycles. The Labute approximate surface area is 107 Å². The van der Waals surface area contributed by atoms with Gasteiger partial charge in [-0.05, 0) is 19.4 Å². The number of ether oxygens (including phenoxy) is 2. The van der Waals surface area contributed by atoms with E-state index in [-0.39, 0.29) is 11.9 Å². The SMILES string of the molecule is CC(N)C(OCC1CCOC1)c1ccccc1F. The summed E-state index contributed by atoms with van der Waals surface area (Å²) in [5.41, 5.74) is 6.43. The third-order valence-corrected chi connectivity index (χ3v) is 3.22. The molecule has 1 heterocycles. The van der Waals surface area contributed by atoms with Crippen LogP contribution in [0.15, 0.2) is 24.3 Å². The molecule has 0 bridgehead atoms. The van der Waals surface area contributed by atoms with E-state index < -0.39 is 6.10 Å². The molecule has 0 spiro atoms. The van der Waals surface area contributed by atoms with Gasteiger partial charge in [-0.3, -0.25) is 0 Å². The lowest BCUT2D eigenvalue weighted by atomic mass is 10.0. The standard InChI is InChI=1S/C14H20FNO2/c1-10(16)14(12-4-2-3-5-13(12)15)18-9-11-6-7-17-8-11/h2-5,10-11,14H,6-9,16H2,1H3. The van der Waals surface area contributed by atoms with Gasteiger partial charge in [0, 0.05) is 24.1 Å². The van der Waals surface area contributed by atoms with Crippen LogP contribution >= 0.6 is 0 Å². The molecule has 2 rings (SSSR count). The molecule has 0 aliphatic carbocycles. The second-order valence-electron chi connectivity index (χ2n) is 4.86. The molecule has 0 amide bonds. The number of rotatable bonds is 5. The monoisotopic (exact) mass is 253 g/mol. The van der Waals surface area contributed by atoms with Crippen LogP contribution in [0.2, 0.25) is 0 Å². The first kappa shape index (κ1) is 13.5. The van der Waals surface area contributed by atoms with Crippen LogP contribution in [0.4, 0.5) is 4.39 Å². The second kappa shape index (κ2) is 6.27. The number of benzene rings is 1. The van der Waals surface area contributed by atoms with Crippen LogP contribution in [0.3, 0.4) is 0 Å². The molecule has 1 aromatic carbocycles. The van der Waals surface area contributed by atoms with E-state index in [2.05, 4.69) is 0 Å². The summed E-state index contributed by atoms with van der Waals surface area (Å²) < 4.78 is 24.8. The summed E-state index contributed by atoms with van der Waals surface area (Å²) in [5, 5.41) is 0. The number of nitrogens with two attached hydrogens (primary N) is 1. The highest BCUT2D eigenvalue weighted by molar-refractivity contribution is 5.21. The zero-order valence-corrected chi connectivity index (χ0v) is 10.6. The van der Waals surface area contributed by atoms with E-state index in [1.165, 1.54) is 6.07 Å². The summed E-state index contributed by atoms with van der Waals surface area (Å²) in [4.78, 5) is 0. The maximum atomic E-state index is 13.7. The fraction of sp³-hybridized carbons (Fsp3) is 0.571. The van der Waals surface area contributed by atoms with Crippen molar-refractivity contribution in [2.24, 2.45) is 11.7 Å². The summed E-state index contributed by atoms with van der Waals surface area (Å²) in [7, 11) is 0. The van der Waals surface area contributed by atoms with Crippen molar-refractivity contribution in [2.75, 3.05) is 19.8 Å². The van der Waals surface area contributed by atoms with Gasteiger partial charge in [0.05, 0.1) is 13.2 Å². The van der Waals surface area contributed by atoms with Gasteiger partial charge in [0.2, 0.25) is 0 Å². The fourth-order valence-corrected chi connectivity index (χ4v) is 2.19. The van der Waals surface area contributed by atoms with Gasteiger partial charge in [0.15, 0.2) is 0 Å². The van der Waals surface area contributed by atoms with Crippen LogP contribution in [0.25, 0.3) is 0 Å². The summed E-state index contributed by atoms with van der Waals surface area (Å²) in [6.45, 7) is 3.92. The van der Waals surface area contributed by atoms with Crippen LogP contribution in [-0.4, -0.2) is 25.9 Å². The molecule has 3 unspecified atom stereocenters. The lowest BCUT2D eigenvalue weighted by Crippen LogP contribution is -2.29. The Balaban J connectivity index is 2.01. The molecular formula is C14H20FNO2. The van der Waals surface area contributed by atoms with E-state index in [0.29, 0.717) is 18.1 Å². The van der Waals surface area contributed by atoms with Gasteiger partial charge < -0.3 is 15.2 Å². The minimum Gasteiger partial charge on any atom is -0.381 e. The molecular weight excluding hydrogens is 233 g/mol. The molecule has 18 heavy (non-hydrogen) atoms. The molecule has 4 heteroatoms. The minimum absolute atomic E-state index is 0.246. The third kappa shape index (κ3) is 3.28. The molecule has 1 aliphatic heterocycles.